The molecule has 1 N–H and O–H groups in total. The van der Waals surface area contributed by atoms with Crippen molar-refractivity contribution >= 4 is 10.8 Å². The van der Waals surface area contributed by atoms with E-state index in [4.69, 9.17) is 0 Å². The molecule has 0 aliphatic carbocycles. The largest absolute Gasteiger partial charge is 0.395 e. The average molecular weight is 284 g/mol. The lowest BCUT2D eigenvalue weighted by molar-refractivity contribution is 0.216. The molecule has 102 valence electrons. The van der Waals surface area contributed by atoms with Crippen molar-refractivity contribution in [3.05, 3.63) is 72.3 Å². The number of benzene rings is 2. The fourth-order valence-corrected chi connectivity index (χ4v) is 4.58. The SMILES string of the molecule is C=CCC1(CO)c2ccccc2S(=O)c2ccccc21. The Morgan fingerprint density at radius 3 is 2.00 bits per heavy atom. The van der Waals surface area contributed by atoms with Gasteiger partial charge in [-0.2, -0.15) is 0 Å². The van der Waals surface area contributed by atoms with Crippen LogP contribution in [-0.2, 0) is 16.2 Å². The second-order valence-corrected chi connectivity index (χ2v) is 6.41. The second kappa shape index (κ2) is 5.00. The van der Waals surface area contributed by atoms with E-state index < -0.39 is 16.2 Å². The molecule has 2 nitrogen and oxygen atoms in total. The standard InChI is InChI=1S/C17H16O2S/c1-2-11-17(12-18)13-7-3-5-9-15(13)20(19)16-10-6-4-8-14(16)17/h2-10,18H,1,11-12H2. The van der Waals surface area contributed by atoms with Gasteiger partial charge in [0.25, 0.3) is 0 Å². The zero-order chi connectivity index (χ0) is 14.2. The maximum absolute atomic E-state index is 12.7. The van der Waals surface area contributed by atoms with E-state index in [1.807, 2.05) is 54.6 Å². The quantitative estimate of drug-likeness (QED) is 0.880. The lowest BCUT2D eigenvalue weighted by Crippen LogP contribution is -2.36. The van der Waals surface area contributed by atoms with Crippen molar-refractivity contribution in [2.45, 2.75) is 21.6 Å². The van der Waals surface area contributed by atoms with Crippen LogP contribution in [0.5, 0.6) is 0 Å². The molecule has 1 heterocycles. The molecule has 20 heavy (non-hydrogen) atoms. The van der Waals surface area contributed by atoms with Gasteiger partial charge in [0.05, 0.1) is 17.4 Å². The molecule has 0 saturated carbocycles. The van der Waals surface area contributed by atoms with Crippen LogP contribution in [0.4, 0.5) is 0 Å². The van der Waals surface area contributed by atoms with Crippen molar-refractivity contribution in [3.63, 3.8) is 0 Å². The Bertz CT molecular complexity index is 641. The van der Waals surface area contributed by atoms with Gasteiger partial charge in [-0.15, -0.1) is 6.58 Å². The van der Waals surface area contributed by atoms with Crippen molar-refractivity contribution in [1.82, 2.24) is 0 Å². The highest BCUT2D eigenvalue weighted by Crippen LogP contribution is 2.46. The van der Waals surface area contributed by atoms with E-state index in [0.29, 0.717) is 6.42 Å². The van der Waals surface area contributed by atoms with Gasteiger partial charge in [0.1, 0.15) is 0 Å². The van der Waals surface area contributed by atoms with Crippen molar-refractivity contribution < 1.29 is 9.32 Å². The van der Waals surface area contributed by atoms with Crippen LogP contribution in [-0.4, -0.2) is 15.9 Å². The summed E-state index contributed by atoms with van der Waals surface area (Å²) >= 11 is 0. The Morgan fingerprint density at radius 1 is 1.05 bits per heavy atom. The number of aliphatic hydroxyl groups is 1. The third-order valence-corrected chi connectivity index (χ3v) is 5.48. The minimum Gasteiger partial charge on any atom is -0.395 e. The van der Waals surface area contributed by atoms with E-state index >= 15 is 0 Å². The van der Waals surface area contributed by atoms with E-state index in [0.717, 1.165) is 20.9 Å². The van der Waals surface area contributed by atoms with Crippen LogP contribution < -0.4 is 0 Å². The highest BCUT2D eigenvalue weighted by Gasteiger charge is 2.41. The molecule has 0 bridgehead atoms. The van der Waals surface area contributed by atoms with E-state index in [2.05, 4.69) is 6.58 Å². The topological polar surface area (TPSA) is 37.3 Å². The van der Waals surface area contributed by atoms with E-state index in [-0.39, 0.29) is 6.61 Å². The van der Waals surface area contributed by atoms with Crippen molar-refractivity contribution in [2.75, 3.05) is 6.61 Å². The highest BCUT2D eigenvalue weighted by atomic mass is 32.2. The summed E-state index contributed by atoms with van der Waals surface area (Å²) in [7, 11) is -1.19. The fourth-order valence-electron chi connectivity index (χ4n) is 3.01. The van der Waals surface area contributed by atoms with Gasteiger partial charge in [0, 0.05) is 15.2 Å². The third kappa shape index (κ3) is 1.70. The molecular formula is C17H16O2S. The fraction of sp³-hybridized carbons (Fsp3) is 0.176. The summed E-state index contributed by atoms with van der Waals surface area (Å²) < 4.78 is 12.7. The van der Waals surface area contributed by atoms with Crippen LogP contribution >= 0.6 is 0 Å². The molecule has 1 aliphatic rings. The molecule has 2 aromatic rings. The summed E-state index contributed by atoms with van der Waals surface area (Å²) in [6, 6.07) is 15.3. The molecule has 0 saturated heterocycles. The monoisotopic (exact) mass is 284 g/mol. The molecule has 0 spiro atoms. The second-order valence-electron chi connectivity index (χ2n) is 4.99. The third-order valence-electron chi connectivity index (χ3n) is 3.97. The first kappa shape index (κ1) is 13.3. The minimum absolute atomic E-state index is 0.0236. The molecule has 3 heteroatoms. The summed E-state index contributed by atoms with van der Waals surface area (Å²) in [4.78, 5) is 1.59. The number of hydrogen-bond donors (Lipinski definition) is 1. The van der Waals surface area contributed by atoms with Gasteiger partial charge in [-0.25, -0.2) is 4.21 Å². The van der Waals surface area contributed by atoms with Crippen LogP contribution in [0.25, 0.3) is 0 Å². The molecule has 0 aromatic heterocycles. The van der Waals surface area contributed by atoms with Gasteiger partial charge < -0.3 is 5.11 Å². The van der Waals surface area contributed by atoms with E-state index in [1.54, 1.807) is 0 Å². The number of aliphatic hydroxyl groups excluding tert-OH is 1. The van der Waals surface area contributed by atoms with Crippen LogP contribution in [0.15, 0.2) is 71.0 Å². The molecule has 0 amide bonds. The van der Waals surface area contributed by atoms with Crippen molar-refractivity contribution in [1.29, 1.82) is 0 Å². The van der Waals surface area contributed by atoms with Gasteiger partial charge in [-0.3, -0.25) is 0 Å². The maximum Gasteiger partial charge on any atom is 0.0855 e. The smallest absolute Gasteiger partial charge is 0.0855 e. The normalized spacial score (nSPS) is 23.8. The Labute approximate surface area is 121 Å². The van der Waals surface area contributed by atoms with Crippen molar-refractivity contribution in [3.8, 4) is 0 Å². The Hall–Kier alpha value is -1.71. The molecule has 0 unspecified atom stereocenters. The summed E-state index contributed by atoms with van der Waals surface area (Å²) in [6.45, 7) is 3.80. The predicted molar refractivity (Wildman–Crippen MR) is 80.2 cm³/mol. The number of hydrogen-bond acceptors (Lipinski definition) is 2. The molecule has 0 fully saturated rings. The maximum atomic E-state index is 12.7. The van der Waals surface area contributed by atoms with Gasteiger partial charge >= 0.3 is 0 Å². The Balaban J connectivity index is 2.38. The molecule has 0 atom stereocenters. The Kier molecular flexibility index (Phi) is 3.32. The summed E-state index contributed by atoms with van der Waals surface area (Å²) in [5.41, 5.74) is 1.35. The number of allylic oxidation sites excluding steroid dienone is 1. The number of rotatable bonds is 3. The van der Waals surface area contributed by atoms with Crippen molar-refractivity contribution in [2.24, 2.45) is 0 Å². The van der Waals surface area contributed by atoms with Crippen LogP contribution in [0.2, 0.25) is 0 Å². The highest BCUT2D eigenvalue weighted by molar-refractivity contribution is 7.85. The van der Waals surface area contributed by atoms with Gasteiger partial charge in [-0.05, 0) is 29.7 Å². The molecule has 0 radical (unpaired) electrons. The van der Waals surface area contributed by atoms with Gasteiger partial charge in [0.2, 0.25) is 0 Å². The predicted octanol–water partition coefficient (Wildman–Crippen LogP) is 3.02. The van der Waals surface area contributed by atoms with E-state index in [1.165, 1.54) is 0 Å². The Morgan fingerprint density at radius 2 is 1.55 bits per heavy atom. The summed E-state index contributed by atoms with van der Waals surface area (Å²) in [5.74, 6) is 0. The zero-order valence-corrected chi connectivity index (χ0v) is 11.9. The lowest BCUT2D eigenvalue weighted by atomic mass is 9.72. The lowest BCUT2D eigenvalue weighted by Gasteiger charge is -2.38. The molecule has 1 aliphatic heterocycles. The molecule has 2 aromatic carbocycles. The van der Waals surface area contributed by atoms with Gasteiger partial charge in [0.15, 0.2) is 0 Å². The zero-order valence-electron chi connectivity index (χ0n) is 11.1. The number of fused-ring (bicyclic) bond motifs is 2. The first-order chi connectivity index (χ1) is 9.74. The van der Waals surface area contributed by atoms with E-state index in [9.17, 15) is 9.32 Å². The first-order valence-corrected chi connectivity index (χ1v) is 7.72. The van der Waals surface area contributed by atoms with Crippen LogP contribution in [0.1, 0.15) is 17.5 Å². The van der Waals surface area contributed by atoms with Crippen LogP contribution in [0.3, 0.4) is 0 Å². The van der Waals surface area contributed by atoms with Gasteiger partial charge in [-0.1, -0.05) is 42.5 Å². The molecule has 3 rings (SSSR count). The molecular weight excluding hydrogens is 268 g/mol. The van der Waals surface area contributed by atoms with Crippen LogP contribution in [0, 0.1) is 0 Å². The summed E-state index contributed by atoms with van der Waals surface area (Å²) in [5, 5.41) is 10.1. The average Bonchev–Trinajstić information content (AvgIpc) is 2.51. The first-order valence-electron chi connectivity index (χ1n) is 6.57. The minimum atomic E-state index is -1.19. The summed E-state index contributed by atoms with van der Waals surface area (Å²) in [6.07, 6.45) is 2.44.